The Morgan fingerprint density at radius 3 is 1.75 bits per heavy atom. The van der Waals surface area contributed by atoms with Crippen LogP contribution >= 0.6 is 0 Å². The molecule has 0 radical (unpaired) electrons. The van der Waals surface area contributed by atoms with Crippen LogP contribution in [0, 0.1) is 0 Å². The number of ether oxygens (including phenoxy) is 2. The van der Waals surface area contributed by atoms with Crippen LogP contribution in [0.25, 0.3) is 0 Å². The van der Waals surface area contributed by atoms with Gasteiger partial charge in [0.1, 0.15) is 17.5 Å². The quantitative estimate of drug-likeness (QED) is 0.292. The number of hydrogen-bond acceptors (Lipinski definition) is 7. The summed E-state index contributed by atoms with van der Waals surface area (Å²) in [5.41, 5.74) is 6.95. The average Bonchev–Trinajstić information content (AvgIpc) is 2.72. The SMILES string of the molecule is CC(=O)Oc1ccccc1CN(Cc1ccccc1OC(C)=O)[C@@H](CCCCN)C(=O)O. The van der Waals surface area contributed by atoms with Crippen LogP contribution in [-0.2, 0) is 27.5 Å². The summed E-state index contributed by atoms with van der Waals surface area (Å²) in [5.74, 6) is -1.12. The third kappa shape index (κ3) is 7.79. The fourth-order valence-corrected chi connectivity index (χ4v) is 3.44. The molecule has 32 heavy (non-hydrogen) atoms. The highest BCUT2D eigenvalue weighted by molar-refractivity contribution is 5.73. The second kappa shape index (κ2) is 12.6. The monoisotopic (exact) mass is 442 g/mol. The molecule has 1 atom stereocenters. The number of para-hydroxylation sites is 2. The van der Waals surface area contributed by atoms with Crippen LogP contribution in [0.15, 0.2) is 48.5 Å². The van der Waals surface area contributed by atoms with Crippen molar-refractivity contribution in [2.24, 2.45) is 5.73 Å². The number of carboxylic acid groups (broad SMARTS) is 1. The molecule has 0 aliphatic heterocycles. The molecule has 0 fully saturated rings. The van der Waals surface area contributed by atoms with Crippen LogP contribution < -0.4 is 15.2 Å². The molecule has 0 aromatic heterocycles. The summed E-state index contributed by atoms with van der Waals surface area (Å²) in [6.07, 6.45) is 1.77. The molecule has 8 heteroatoms. The van der Waals surface area contributed by atoms with Gasteiger partial charge in [0.2, 0.25) is 0 Å². The Bertz CT molecular complexity index is 869. The van der Waals surface area contributed by atoms with Crippen LogP contribution in [0.5, 0.6) is 11.5 Å². The van der Waals surface area contributed by atoms with Crippen LogP contribution in [0.1, 0.15) is 44.2 Å². The number of aliphatic carboxylic acids is 1. The van der Waals surface area contributed by atoms with Gasteiger partial charge in [0, 0.05) is 38.1 Å². The van der Waals surface area contributed by atoms with Crippen molar-refractivity contribution in [3.05, 3.63) is 59.7 Å². The van der Waals surface area contributed by atoms with E-state index in [-0.39, 0.29) is 13.1 Å². The van der Waals surface area contributed by atoms with Crippen LogP contribution in [0.4, 0.5) is 0 Å². The van der Waals surface area contributed by atoms with Crippen molar-refractivity contribution in [3.8, 4) is 11.5 Å². The van der Waals surface area contributed by atoms with Crippen molar-refractivity contribution in [2.75, 3.05) is 6.54 Å². The van der Waals surface area contributed by atoms with E-state index in [1.54, 1.807) is 53.4 Å². The van der Waals surface area contributed by atoms with Gasteiger partial charge in [0.05, 0.1) is 0 Å². The lowest BCUT2D eigenvalue weighted by molar-refractivity contribution is -0.144. The summed E-state index contributed by atoms with van der Waals surface area (Å²) in [7, 11) is 0. The molecule has 0 saturated carbocycles. The molecular formula is C24H30N2O6. The smallest absolute Gasteiger partial charge is 0.320 e. The number of esters is 2. The second-order valence-corrected chi connectivity index (χ2v) is 7.45. The minimum absolute atomic E-state index is 0.220. The fourth-order valence-electron chi connectivity index (χ4n) is 3.44. The molecule has 2 aromatic carbocycles. The molecule has 0 amide bonds. The van der Waals surface area contributed by atoms with Gasteiger partial charge in [-0.1, -0.05) is 42.8 Å². The Hall–Kier alpha value is -3.23. The maximum absolute atomic E-state index is 12.2. The van der Waals surface area contributed by atoms with E-state index < -0.39 is 23.9 Å². The van der Waals surface area contributed by atoms with E-state index in [0.29, 0.717) is 48.4 Å². The molecule has 2 rings (SSSR count). The highest BCUT2D eigenvalue weighted by atomic mass is 16.5. The first-order valence-electron chi connectivity index (χ1n) is 10.5. The largest absolute Gasteiger partial charge is 0.480 e. The van der Waals surface area contributed by atoms with Gasteiger partial charge in [-0.2, -0.15) is 0 Å². The van der Waals surface area contributed by atoms with Gasteiger partial charge in [-0.25, -0.2) is 0 Å². The number of carboxylic acids is 1. The van der Waals surface area contributed by atoms with E-state index in [9.17, 15) is 19.5 Å². The standard InChI is InChI=1S/C24H30N2O6/c1-17(27)31-22-12-5-3-9-19(22)15-26(21(24(29)30)11-7-8-14-25)16-20-10-4-6-13-23(20)32-18(2)28/h3-6,9-10,12-13,21H,7-8,11,14-16,25H2,1-2H3,(H,29,30)/t21-/m0/s1. The second-order valence-electron chi connectivity index (χ2n) is 7.45. The first-order valence-corrected chi connectivity index (χ1v) is 10.5. The minimum Gasteiger partial charge on any atom is -0.480 e. The molecule has 0 aliphatic carbocycles. The Labute approximate surface area is 187 Å². The molecule has 0 unspecified atom stereocenters. The minimum atomic E-state index is -0.961. The van der Waals surface area contributed by atoms with E-state index in [1.807, 2.05) is 0 Å². The van der Waals surface area contributed by atoms with Crippen LogP contribution in [0.3, 0.4) is 0 Å². The molecule has 8 nitrogen and oxygen atoms in total. The summed E-state index contributed by atoms with van der Waals surface area (Å²) in [5, 5.41) is 9.98. The number of nitrogens with two attached hydrogens (primary N) is 1. The molecule has 2 aromatic rings. The van der Waals surface area contributed by atoms with Crippen molar-refractivity contribution in [1.82, 2.24) is 4.90 Å². The Morgan fingerprint density at radius 2 is 1.34 bits per heavy atom. The molecule has 0 heterocycles. The first kappa shape index (κ1) is 25.0. The lowest BCUT2D eigenvalue weighted by Crippen LogP contribution is -2.40. The van der Waals surface area contributed by atoms with Crippen molar-refractivity contribution in [1.29, 1.82) is 0 Å². The van der Waals surface area contributed by atoms with Gasteiger partial charge in [-0.05, 0) is 31.5 Å². The number of benzene rings is 2. The first-order chi connectivity index (χ1) is 15.3. The number of nitrogens with zero attached hydrogens (tertiary/aromatic N) is 1. The fraction of sp³-hybridized carbons (Fsp3) is 0.375. The molecule has 0 bridgehead atoms. The topological polar surface area (TPSA) is 119 Å². The summed E-state index contributed by atoms with van der Waals surface area (Å²) in [4.78, 5) is 37.0. The molecular weight excluding hydrogens is 412 g/mol. The third-order valence-electron chi connectivity index (χ3n) is 4.86. The van der Waals surface area contributed by atoms with Crippen LogP contribution in [-0.4, -0.2) is 40.5 Å². The van der Waals surface area contributed by atoms with Crippen molar-refractivity contribution >= 4 is 17.9 Å². The Balaban J connectivity index is 2.41. The lowest BCUT2D eigenvalue weighted by Gasteiger charge is -2.30. The summed E-state index contributed by atoms with van der Waals surface area (Å²) in [6, 6.07) is 13.2. The van der Waals surface area contributed by atoms with E-state index >= 15 is 0 Å². The van der Waals surface area contributed by atoms with Crippen molar-refractivity contribution < 1.29 is 29.0 Å². The van der Waals surface area contributed by atoms with E-state index in [0.717, 1.165) is 0 Å². The number of carbonyl (C=O) groups excluding carboxylic acids is 2. The van der Waals surface area contributed by atoms with Crippen LogP contribution in [0.2, 0.25) is 0 Å². The van der Waals surface area contributed by atoms with Gasteiger partial charge < -0.3 is 20.3 Å². The number of carbonyl (C=O) groups is 3. The van der Waals surface area contributed by atoms with Gasteiger partial charge >= 0.3 is 17.9 Å². The number of rotatable bonds is 12. The summed E-state index contributed by atoms with van der Waals surface area (Å²) >= 11 is 0. The third-order valence-corrected chi connectivity index (χ3v) is 4.86. The highest BCUT2D eigenvalue weighted by Gasteiger charge is 2.27. The maximum atomic E-state index is 12.2. The molecule has 3 N–H and O–H groups in total. The predicted octanol–water partition coefficient (Wildman–Crippen LogP) is 3.12. The number of hydrogen-bond donors (Lipinski definition) is 2. The van der Waals surface area contributed by atoms with Gasteiger partial charge in [-0.15, -0.1) is 0 Å². The molecule has 0 spiro atoms. The Kier molecular flexibility index (Phi) is 9.84. The average molecular weight is 443 g/mol. The highest BCUT2D eigenvalue weighted by Crippen LogP contribution is 2.27. The van der Waals surface area contributed by atoms with Gasteiger partial charge in [0.15, 0.2) is 0 Å². The maximum Gasteiger partial charge on any atom is 0.320 e. The van der Waals surface area contributed by atoms with Gasteiger partial charge in [0.25, 0.3) is 0 Å². The summed E-state index contributed by atoms with van der Waals surface area (Å²) < 4.78 is 10.6. The molecule has 172 valence electrons. The van der Waals surface area contributed by atoms with Crippen molar-refractivity contribution in [2.45, 2.75) is 52.2 Å². The van der Waals surface area contributed by atoms with E-state index in [1.165, 1.54) is 13.8 Å². The van der Waals surface area contributed by atoms with E-state index in [4.69, 9.17) is 15.2 Å². The Morgan fingerprint density at radius 1 is 0.875 bits per heavy atom. The summed E-state index contributed by atoms with van der Waals surface area (Å²) in [6.45, 7) is 3.55. The molecule has 0 saturated heterocycles. The van der Waals surface area contributed by atoms with E-state index in [2.05, 4.69) is 0 Å². The van der Waals surface area contributed by atoms with Crippen molar-refractivity contribution in [3.63, 3.8) is 0 Å². The normalized spacial score (nSPS) is 11.8. The zero-order valence-corrected chi connectivity index (χ0v) is 18.5. The zero-order chi connectivity index (χ0) is 23.5. The lowest BCUT2D eigenvalue weighted by atomic mass is 10.0. The molecule has 0 aliphatic rings. The van der Waals surface area contributed by atoms with Gasteiger partial charge in [-0.3, -0.25) is 19.3 Å². The predicted molar refractivity (Wildman–Crippen MR) is 119 cm³/mol. The zero-order valence-electron chi connectivity index (χ0n) is 18.5. The number of unbranched alkanes of at least 4 members (excludes halogenated alkanes) is 1.